The highest BCUT2D eigenvalue weighted by Crippen LogP contribution is 2.30. The van der Waals surface area contributed by atoms with Gasteiger partial charge in [-0.15, -0.1) is 0 Å². The van der Waals surface area contributed by atoms with Gasteiger partial charge in [-0.3, -0.25) is 18.6 Å². The first-order valence-corrected chi connectivity index (χ1v) is 14.1. The van der Waals surface area contributed by atoms with Crippen LogP contribution in [0.3, 0.4) is 0 Å². The summed E-state index contributed by atoms with van der Waals surface area (Å²) in [7, 11) is -1.39. The number of piperidine rings is 1. The van der Waals surface area contributed by atoms with Gasteiger partial charge in [-0.05, 0) is 50.6 Å². The molecule has 5 heterocycles. The van der Waals surface area contributed by atoms with E-state index in [1.54, 1.807) is 6.92 Å². The van der Waals surface area contributed by atoms with Crippen LogP contribution in [-0.2, 0) is 28.6 Å². The van der Waals surface area contributed by atoms with Crippen LogP contribution in [0.5, 0.6) is 0 Å². The molecule has 1 aromatic carbocycles. The maximum atomic E-state index is 14.1. The number of imidazole rings is 1. The Bertz CT molecular complexity index is 1540. The summed E-state index contributed by atoms with van der Waals surface area (Å²) in [6, 6.07) is 7.12. The van der Waals surface area contributed by atoms with Crippen LogP contribution in [0.2, 0.25) is 0 Å². The summed E-state index contributed by atoms with van der Waals surface area (Å²) >= 11 is 0. The second-order valence-electron chi connectivity index (χ2n) is 9.65. The summed E-state index contributed by atoms with van der Waals surface area (Å²) in [5.41, 5.74) is 3.17. The van der Waals surface area contributed by atoms with E-state index < -0.39 is 22.5 Å². The lowest BCUT2D eigenvalue weighted by molar-refractivity contribution is -0.0592. The third-order valence-electron chi connectivity index (χ3n) is 7.25. The lowest BCUT2D eigenvalue weighted by Crippen LogP contribution is -2.35. The molecule has 1 N–H and O–H groups in total. The molecular weight excluding hydrogens is 513 g/mol. The van der Waals surface area contributed by atoms with Gasteiger partial charge >= 0.3 is 5.76 Å². The predicted octanol–water partition coefficient (Wildman–Crippen LogP) is 2.60. The Morgan fingerprint density at radius 1 is 1.16 bits per heavy atom. The van der Waals surface area contributed by atoms with Gasteiger partial charge in [-0.25, -0.2) is 14.8 Å². The van der Waals surface area contributed by atoms with Gasteiger partial charge in [0.15, 0.2) is 5.82 Å². The topological polar surface area (TPSA) is 132 Å². The molecule has 2 aliphatic heterocycles. The maximum absolute atomic E-state index is 14.1. The molecule has 200 valence electrons. The van der Waals surface area contributed by atoms with Gasteiger partial charge in [-0.2, -0.15) is 9.37 Å². The average molecular weight is 542 g/mol. The lowest BCUT2D eigenvalue weighted by atomic mass is 9.93. The van der Waals surface area contributed by atoms with Crippen molar-refractivity contribution >= 4 is 21.8 Å². The Hall–Kier alpha value is -3.29. The highest BCUT2D eigenvalue weighted by Gasteiger charge is 2.27. The van der Waals surface area contributed by atoms with Crippen LogP contribution in [0, 0.1) is 5.95 Å². The molecule has 11 nitrogen and oxygen atoms in total. The fraction of sp³-hybridized carbons (Fsp3) is 0.480. The molecular formula is C25H28FN7O4S. The van der Waals surface area contributed by atoms with Gasteiger partial charge < -0.3 is 9.30 Å². The summed E-state index contributed by atoms with van der Waals surface area (Å²) in [5.74, 6) is 0.529. The Balaban J connectivity index is 1.21. The fourth-order valence-electron chi connectivity index (χ4n) is 5.07. The first-order chi connectivity index (χ1) is 18.5. The van der Waals surface area contributed by atoms with Crippen LogP contribution >= 0.6 is 0 Å². The molecule has 0 saturated carbocycles. The summed E-state index contributed by atoms with van der Waals surface area (Å²) in [5, 5.41) is 3.89. The number of likely N-dealkylation sites (tertiary alicyclic amines) is 1. The second kappa shape index (κ2) is 10.5. The molecule has 0 bridgehead atoms. The molecule has 0 spiro atoms. The summed E-state index contributed by atoms with van der Waals surface area (Å²) in [6.45, 7) is 5.49. The van der Waals surface area contributed by atoms with Crippen molar-refractivity contribution in [2.75, 3.05) is 25.4 Å². The minimum Gasteiger partial charge on any atom is -0.376 e. The molecule has 2 atom stereocenters. The summed E-state index contributed by atoms with van der Waals surface area (Å²) in [6.07, 6.45) is 2.76. The van der Waals surface area contributed by atoms with Gasteiger partial charge in [0.05, 0.1) is 46.7 Å². The number of ether oxygens (including phenoxy) is 1. The number of fused-ring (bicyclic) bond motifs is 1. The second-order valence-corrected chi connectivity index (χ2v) is 11.3. The number of hydrogen-bond donors (Lipinski definition) is 1. The molecule has 0 radical (unpaired) electrons. The van der Waals surface area contributed by atoms with Crippen molar-refractivity contribution in [1.82, 2.24) is 34.6 Å². The molecule has 3 aromatic heterocycles. The van der Waals surface area contributed by atoms with E-state index >= 15 is 0 Å². The van der Waals surface area contributed by atoms with Crippen molar-refractivity contribution in [3.63, 3.8) is 0 Å². The van der Waals surface area contributed by atoms with Crippen molar-refractivity contribution in [1.29, 1.82) is 0 Å². The van der Waals surface area contributed by atoms with Crippen molar-refractivity contribution in [3.05, 3.63) is 52.3 Å². The van der Waals surface area contributed by atoms with Gasteiger partial charge in [0.2, 0.25) is 11.1 Å². The van der Waals surface area contributed by atoms with Crippen LogP contribution in [0.4, 0.5) is 4.39 Å². The normalized spacial score (nSPS) is 19.6. The van der Waals surface area contributed by atoms with Crippen LogP contribution in [0.1, 0.15) is 43.6 Å². The number of nitrogens with one attached hydrogen (secondary N) is 1. The number of rotatable bonds is 8. The highest BCUT2D eigenvalue weighted by molar-refractivity contribution is 7.84. The Labute approximate surface area is 219 Å². The van der Waals surface area contributed by atoms with E-state index in [1.165, 1.54) is 6.07 Å². The van der Waals surface area contributed by atoms with E-state index in [9.17, 15) is 13.4 Å². The number of aromatic nitrogens is 6. The number of nitrogens with zero attached hydrogens (tertiary/aromatic N) is 6. The molecule has 13 heteroatoms. The van der Waals surface area contributed by atoms with E-state index in [1.807, 2.05) is 18.2 Å². The fourth-order valence-corrected chi connectivity index (χ4v) is 5.73. The number of hydrogen-bond acceptors (Lipinski definition) is 9. The van der Waals surface area contributed by atoms with Gasteiger partial charge in [0.25, 0.3) is 0 Å². The molecule has 1 unspecified atom stereocenters. The molecule has 0 amide bonds. The Kier molecular flexibility index (Phi) is 6.89. The average Bonchev–Trinajstić information content (AvgIpc) is 3.48. The third kappa shape index (κ3) is 5.05. The quantitative estimate of drug-likeness (QED) is 0.264. The van der Waals surface area contributed by atoms with Crippen LogP contribution in [0.15, 0.2) is 38.7 Å². The first kappa shape index (κ1) is 25.0. The van der Waals surface area contributed by atoms with E-state index in [4.69, 9.17) is 9.72 Å². The van der Waals surface area contributed by atoms with Crippen molar-refractivity contribution < 1.29 is 17.9 Å². The first-order valence-electron chi connectivity index (χ1n) is 12.8. The Morgan fingerprint density at radius 2 is 1.97 bits per heavy atom. The Morgan fingerprint density at radius 3 is 2.66 bits per heavy atom. The monoisotopic (exact) mass is 541 g/mol. The number of H-pyrrole nitrogens is 1. The molecule has 0 aliphatic carbocycles. The van der Waals surface area contributed by atoms with Gasteiger partial charge in [0.1, 0.15) is 5.82 Å². The highest BCUT2D eigenvalue weighted by atomic mass is 32.2. The minimum absolute atomic E-state index is 0.0749. The molecule has 4 aromatic rings. The molecule has 2 saturated heterocycles. The van der Waals surface area contributed by atoms with E-state index in [2.05, 4.69) is 34.1 Å². The summed E-state index contributed by atoms with van der Waals surface area (Å²) in [4.78, 5) is 29.5. The molecule has 38 heavy (non-hydrogen) atoms. The molecule has 2 fully saturated rings. The number of aromatic amines is 1. The SMILES string of the molecule is CCS(=O)c1nc(F)cc(C2CCN(Cc3nc4ccc(-c5noc(=O)[nH]5)cc4n3C[C@@H]3CCO3)CC2)n1. The minimum atomic E-state index is -1.39. The van der Waals surface area contributed by atoms with Crippen molar-refractivity contribution in [2.45, 2.75) is 56.5 Å². The molecule has 2 aliphatic rings. The molecule has 6 rings (SSSR count). The maximum Gasteiger partial charge on any atom is 0.439 e. The van der Waals surface area contributed by atoms with E-state index in [0.29, 0.717) is 30.4 Å². The van der Waals surface area contributed by atoms with Crippen LogP contribution in [0.25, 0.3) is 22.4 Å². The third-order valence-corrected chi connectivity index (χ3v) is 8.37. The lowest BCUT2D eigenvalue weighted by Gasteiger charge is -2.32. The smallest absolute Gasteiger partial charge is 0.376 e. The van der Waals surface area contributed by atoms with Crippen molar-refractivity contribution in [2.24, 2.45) is 0 Å². The van der Waals surface area contributed by atoms with E-state index in [-0.39, 0.29) is 17.2 Å². The number of benzene rings is 1. The zero-order valence-corrected chi connectivity index (χ0v) is 21.7. The predicted molar refractivity (Wildman–Crippen MR) is 136 cm³/mol. The summed E-state index contributed by atoms with van der Waals surface area (Å²) < 4.78 is 38.8. The van der Waals surface area contributed by atoms with E-state index in [0.717, 1.165) is 61.4 Å². The zero-order chi connectivity index (χ0) is 26.2. The zero-order valence-electron chi connectivity index (χ0n) is 20.9. The van der Waals surface area contributed by atoms with Gasteiger partial charge in [-0.1, -0.05) is 12.1 Å². The van der Waals surface area contributed by atoms with Crippen LogP contribution < -0.4 is 5.76 Å². The van der Waals surface area contributed by atoms with Crippen LogP contribution in [-0.4, -0.2) is 70.3 Å². The number of halogens is 1. The van der Waals surface area contributed by atoms with Gasteiger partial charge in [0, 0.05) is 29.9 Å². The standard InChI is InChI=1S/C25H28FN7O4S/c1-2-38(35)24-28-19(12-21(26)29-24)15-5-8-32(9-6-15)14-22-27-18-4-3-16(23-30-25(34)37-31-23)11-20(18)33(22)13-17-7-10-36-17/h3-4,11-12,15,17H,2,5-10,13-14H2,1H3,(H,30,31,34)/t17-,38?/m0/s1. The largest absolute Gasteiger partial charge is 0.439 e. The van der Waals surface area contributed by atoms with Crippen molar-refractivity contribution in [3.8, 4) is 11.4 Å².